The third-order valence-corrected chi connectivity index (χ3v) is 4.18. The van der Waals surface area contributed by atoms with Crippen LogP contribution in [-0.4, -0.2) is 25.2 Å². The number of nitrogens with zero attached hydrogens (tertiary/aromatic N) is 1. The molecule has 0 aromatic heterocycles. The summed E-state index contributed by atoms with van der Waals surface area (Å²) in [5.74, 6) is 0. The van der Waals surface area contributed by atoms with Crippen molar-refractivity contribution in [3.8, 4) is 0 Å². The van der Waals surface area contributed by atoms with Crippen molar-refractivity contribution in [3.63, 3.8) is 0 Å². The number of anilines is 1. The average molecular weight is 244 g/mol. The molecule has 2 nitrogen and oxygen atoms in total. The van der Waals surface area contributed by atoms with Crippen LogP contribution in [0.15, 0.2) is 24.3 Å². The van der Waals surface area contributed by atoms with E-state index in [-0.39, 0.29) is 0 Å². The van der Waals surface area contributed by atoms with E-state index in [1.165, 1.54) is 56.4 Å². The van der Waals surface area contributed by atoms with Crippen LogP contribution in [0.4, 0.5) is 5.69 Å². The number of hydrogen-bond acceptors (Lipinski definition) is 2. The molecule has 2 heteroatoms. The first-order valence-corrected chi connectivity index (χ1v) is 7.42. The first-order chi connectivity index (χ1) is 8.84. The lowest BCUT2D eigenvalue weighted by Crippen LogP contribution is -2.30. The highest BCUT2D eigenvalue weighted by Crippen LogP contribution is 2.31. The summed E-state index contributed by atoms with van der Waals surface area (Å²) in [6, 6.07) is 10.4. The van der Waals surface area contributed by atoms with E-state index in [1.807, 2.05) is 0 Å². The summed E-state index contributed by atoms with van der Waals surface area (Å²) >= 11 is 0. The van der Waals surface area contributed by atoms with Crippen LogP contribution in [0.2, 0.25) is 0 Å². The van der Waals surface area contributed by atoms with E-state index >= 15 is 0 Å². The molecule has 0 amide bonds. The number of benzene rings is 1. The van der Waals surface area contributed by atoms with Gasteiger partial charge in [-0.25, -0.2) is 0 Å². The molecule has 3 rings (SSSR count). The minimum atomic E-state index is 0.679. The lowest BCUT2D eigenvalue weighted by molar-refractivity contribution is 0.589. The first-order valence-electron chi connectivity index (χ1n) is 7.42. The van der Waals surface area contributed by atoms with Gasteiger partial charge in [0.25, 0.3) is 0 Å². The van der Waals surface area contributed by atoms with Gasteiger partial charge in [-0.1, -0.05) is 18.2 Å². The molecule has 1 aromatic carbocycles. The molecule has 1 atom stereocenters. The van der Waals surface area contributed by atoms with Crippen molar-refractivity contribution in [3.05, 3.63) is 29.8 Å². The third-order valence-electron chi connectivity index (χ3n) is 4.18. The summed E-state index contributed by atoms with van der Waals surface area (Å²) < 4.78 is 0. The molecule has 1 N–H and O–H groups in total. The van der Waals surface area contributed by atoms with Crippen molar-refractivity contribution in [2.24, 2.45) is 0 Å². The summed E-state index contributed by atoms with van der Waals surface area (Å²) in [5.41, 5.74) is 3.00. The number of fused-ring (bicyclic) bond motifs is 1. The topological polar surface area (TPSA) is 15.3 Å². The van der Waals surface area contributed by atoms with Crippen molar-refractivity contribution in [1.82, 2.24) is 5.32 Å². The SMILES string of the molecule is CC1Cc2ccccc2N1CCCCNC1CC1. The minimum Gasteiger partial charge on any atom is -0.368 e. The largest absolute Gasteiger partial charge is 0.368 e. The van der Waals surface area contributed by atoms with Crippen LogP contribution in [-0.2, 0) is 6.42 Å². The van der Waals surface area contributed by atoms with Crippen LogP contribution in [0.1, 0.15) is 38.2 Å². The molecule has 1 aliphatic heterocycles. The van der Waals surface area contributed by atoms with Gasteiger partial charge in [-0.05, 0) is 57.2 Å². The summed E-state index contributed by atoms with van der Waals surface area (Å²) in [6.07, 6.45) is 6.63. The zero-order valence-corrected chi connectivity index (χ0v) is 11.4. The van der Waals surface area contributed by atoms with E-state index < -0.39 is 0 Å². The molecule has 1 aromatic rings. The molecule has 1 saturated carbocycles. The number of hydrogen-bond donors (Lipinski definition) is 1. The predicted molar refractivity (Wildman–Crippen MR) is 77.2 cm³/mol. The fourth-order valence-electron chi connectivity index (χ4n) is 2.97. The van der Waals surface area contributed by atoms with Crippen LogP contribution >= 0.6 is 0 Å². The highest BCUT2D eigenvalue weighted by molar-refractivity contribution is 5.59. The Morgan fingerprint density at radius 3 is 2.89 bits per heavy atom. The molecule has 1 fully saturated rings. The zero-order valence-electron chi connectivity index (χ0n) is 11.4. The molecule has 1 heterocycles. The van der Waals surface area contributed by atoms with Gasteiger partial charge in [0.2, 0.25) is 0 Å². The van der Waals surface area contributed by atoms with Crippen LogP contribution < -0.4 is 10.2 Å². The second-order valence-electron chi connectivity index (χ2n) is 5.81. The molecule has 1 aliphatic carbocycles. The predicted octanol–water partition coefficient (Wildman–Crippen LogP) is 2.97. The van der Waals surface area contributed by atoms with Crippen molar-refractivity contribution in [1.29, 1.82) is 0 Å². The van der Waals surface area contributed by atoms with E-state index in [4.69, 9.17) is 0 Å². The Bertz CT molecular complexity index is 398. The van der Waals surface area contributed by atoms with Gasteiger partial charge < -0.3 is 10.2 Å². The normalized spacial score (nSPS) is 22.3. The molecule has 98 valence electrons. The minimum absolute atomic E-state index is 0.679. The summed E-state index contributed by atoms with van der Waals surface area (Å²) in [6.45, 7) is 4.77. The smallest absolute Gasteiger partial charge is 0.0402 e. The molecular formula is C16H24N2. The van der Waals surface area contributed by atoms with Gasteiger partial charge in [-0.3, -0.25) is 0 Å². The van der Waals surface area contributed by atoms with Crippen molar-refractivity contribution in [2.75, 3.05) is 18.0 Å². The van der Waals surface area contributed by atoms with Gasteiger partial charge in [0, 0.05) is 24.3 Å². The number of rotatable bonds is 6. The molecule has 0 spiro atoms. The van der Waals surface area contributed by atoms with E-state index in [2.05, 4.69) is 41.4 Å². The Morgan fingerprint density at radius 1 is 1.22 bits per heavy atom. The van der Waals surface area contributed by atoms with Crippen LogP contribution in [0.25, 0.3) is 0 Å². The van der Waals surface area contributed by atoms with Gasteiger partial charge in [0.15, 0.2) is 0 Å². The van der Waals surface area contributed by atoms with Gasteiger partial charge in [0.05, 0.1) is 0 Å². The summed E-state index contributed by atoms with van der Waals surface area (Å²) in [4.78, 5) is 2.59. The zero-order chi connectivity index (χ0) is 12.4. The molecule has 1 unspecified atom stereocenters. The fraction of sp³-hybridized carbons (Fsp3) is 0.625. The van der Waals surface area contributed by atoms with Gasteiger partial charge in [-0.15, -0.1) is 0 Å². The Kier molecular flexibility index (Phi) is 3.55. The molecular weight excluding hydrogens is 220 g/mol. The van der Waals surface area contributed by atoms with Gasteiger partial charge in [-0.2, -0.15) is 0 Å². The van der Waals surface area contributed by atoms with Crippen molar-refractivity contribution >= 4 is 5.69 Å². The molecule has 2 aliphatic rings. The molecule has 0 radical (unpaired) electrons. The Labute approximate surface area is 110 Å². The monoisotopic (exact) mass is 244 g/mol. The Hall–Kier alpha value is -1.02. The average Bonchev–Trinajstić information content (AvgIpc) is 3.13. The van der Waals surface area contributed by atoms with Crippen molar-refractivity contribution < 1.29 is 0 Å². The van der Waals surface area contributed by atoms with Crippen LogP contribution in [0.5, 0.6) is 0 Å². The van der Waals surface area contributed by atoms with E-state index in [9.17, 15) is 0 Å². The molecule has 0 saturated heterocycles. The number of unbranched alkanes of at least 4 members (excludes halogenated alkanes) is 1. The second-order valence-corrected chi connectivity index (χ2v) is 5.81. The maximum absolute atomic E-state index is 3.59. The number of para-hydroxylation sites is 1. The van der Waals surface area contributed by atoms with E-state index in [0.29, 0.717) is 6.04 Å². The molecule has 0 bridgehead atoms. The quantitative estimate of drug-likeness (QED) is 0.774. The molecule has 18 heavy (non-hydrogen) atoms. The summed E-state index contributed by atoms with van der Waals surface area (Å²) in [5, 5.41) is 3.59. The highest BCUT2D eigenvalue weighted by atomic mass is 15.2. The fourth-order valence-corrected chi connectivity index (χ4v) is 2.97. The van der Waals surface area contributed by atoms with Gasteiger partial charge >= 0.3 is 0 Å². The standard InChI is InChI=1S/C16H24N2/c1-13-12-14-6-2-3-7-16(14)18(13)11-5-4-10-17-15-8-9-15/h2-3,6-7,13,15,17H,4-5,8-12H2,1H3. The first kappa shape index (κ1) is 12.0. The Balaban J connectivity index is 1.46. The maximum Gasteiger partial charge on any atom is 0.0402 e. The van der Waals surface area contributed by atoms with Crippen LogP contribution in [0.3, 0.4) is 0 Å². The Morgan fingerprint density at radius 2 is 2.06 bits per heavy atom. The van der Waals surface area contributed by atoms with E-state index in [0.717, 1.165) is 6.04 Å². The maximum atomic E-state index is 3.59. The highest BCUT2D eigenvalue weighted by Gasteiger charge is 2.24. The van der Waals surface area contributed by atoms with Gasteiger partial charge in [0.1, 0.15) is 0 Å². The van der Waals surface area contributed by atoms with Crippen LogP contribution in [0, 0.1) is 0 Å². The lowest BCUT2D eigenvalue weighted by atomic mass is 10.1. The number of nitrogens with one attached hydrogen (secondary N) is 1. The summed E-state index contributed by atoms with van der Waals surface area (Å²) in [7, 11) is 0. The lowest BCUT2D eigenvalue weighted by Gasteiger charge is -2.24. The third kappa shape index (κ3) is 2.69. The second kappa shape index (κ2) is 5.31. The van der Waals surface area contributed by atoms with E-state index in [1.54, 1.807) is 0 Å². The van der Waals surface area contributed by atoms with Crippen molar-refractivity contribution in [2.45, 2.75) is 51.1 Å².